The molecule has 1 aliphatic rings. The quantitative estimate of drug-likeness (QED) is 0.827. The van der Waals surface area contributed by atoms with Gasteiger partial charge in [0.1, 0.15) is 21.5 Å². The van der Waals surface area contributed by atoms with Crippen molar-refractivity contribution in [2.45, 2.75) is 32.2 Å². The van der Waals surface area contributed by atoms with E-state index in [0.29, 0.717) is 16.5 Å². The van der Waals surface area contributed by atoms with Crippen LogP contribution in [0.1, 0.15) is 41.9 Å². The molecular weight excluding hydrogens is 262 g/mol. The number of carbonyl (C=O) groups is 1. The SMILES string of the molecule is COC(=O)c1sc(NC(C)(C)C2CC2)c(C#N)c1N. The Morgan fingerprint density at radius 1 is 1.58 bits per heavy atom. The zero-order chi connectivity index (χ0) is 14.2. The van der Waals surface area contributed by atoms with Gasteiger partial charge in [-0.05, 0) is 32.6 Å². The second-order valence-corrected chi connectivity index (χ2v) is 6.29. The van der Waals surface area contributed by atoms with Crippen molar-refractivity contribution in [1.82, 2.24) is 0 Å². The molecule has 0 aromatic carbocycles. The van der Waals surface area contributed by atoms with Gasteiger partial charge in [-0.1, -0.05) is 0 Å². The van der Waals surface area contributed by atoms with E-state index in [1.165, 1.54) is 31.3 Å². The molecule has 3 N–H and O–H groups in total. The van der Waals surface area contributed by atoms with Gasteiger partial charge in [0.15, 0.2) is 0 Å². The molecule has 0 atom stereocenters. The molecule has 0 aliphatic heterocycles. The minimum atomic E-state index is -0.503. The number of esters is 1. The molecule has 1 heterocycles. The van der Waals surface area contributed by atoms with Crippen molar-refractivity contribution >= 4 is 28.0 Å². The first kappa shape index (κ1) is 13.7. The lowest BCUT2D eigenvalue weighted by Crippen LogP contribution is -2.33. The van der Waals surface area contributed by atoms with Gasteiger partial charge in [0.25, 0.3) is 0 Å². The third-order valence-corrected chi connectivity index (χ3v) is 4.56. The minimum absolute atomic E-state index is 0.101. The Kier molecular flexibility index (Phi) is 3.42. The van der Waals surface area contributed by atoms with Crippen LogP contribution in [-0.2, 0) is 4.74 Å². The maximum absolute atomic E-state index is 11.6. The van der Waals surface area contributed by atoms with E-state index in [2.05, 4.69) is 30.0 Å². The Morgan fingerprint density at radius 3 is 2.68 bits per heavy atom. The highest BCUT2D eigenvalue weighted by Gasteiger charge is 2.38. The third-order valence-electron chi connectivity index (χ3n) is 3.46. The summed E-state index contributed by atoms with van der Waals surface area (Å²) in [6.45, 7) is 4.19. The van der Waals surface area contributed by atoms with Gasteiger partial charge >= 0.3 is 5.97 Å². The molecule has 0 amide bonds. The average molecular weight is 279 g/mol. The van der Waals surface area contributed by atoms with Gasteiger partial charge in [-0.3, -0.25) is 0 Å². The molecule has 2 rings (SSSR count). The van der Waals surface area contributed by atoms with Crippen molar-refractivity contribution in [3.05, 3.63) is 10.4 Å². The van der Waals surface area contributed by atoms with Gasteiger partial charge in [0.2, 0.25) is 0 Å². The van der Waals surface area contributed by atoms with Gasteiger partial charge < -0.3 is 15.8 Å². The van der Waals surface area contributed by atoms with Crippen LogP contribution in [0.4, 0.5) is 10.7 Å². The van der Waals surface area contributed by atoms with Gasteiger partial charge in [-0.15, -0.1) is 11.3 Å². The van der Waals surface area contributed by atoms with Crippen LogP contribution in [0.15, 0.2) is 0 Å². The number of hydrogen-bond acceptors (Lipinski definition) is 6. The number of rotatable bonds is 4. The summed E-state index contributed by atoms with van der Waals surface area (Å²) in [5, 5.41) is 13.2. The lowest BCUT2D eigenvalue weighted by molar-refractivity contribution is 0.0607. The predicted molar refractivity (Wildman–Crippen MR) is 75.2 cm³/mol. The highest BCUT2D eigenvalue weighted by atomic mass is 32.1. The molecule has 19 heavy (non-hydrogen) atoms. The van der Waals surface area contributed by atoms with E-state index in [0.717, 1.165) is 0 Å². The van der Waals surface area contributed by atoms with Crippen LogP contribution in [0.2, 0.25) is 0 Å². The van der Waals surface area contributed by atoms with Crippen molar-refractivity contribution in [1.29, 1.82) is 5.26 Å². The van der Waals surface area contributed by atoms with Crippen LogP contribution >= 0.6 is 11.3 Å². The van der Waals surface area contributed by atoms with E-state index in [4.69, 9.17) is 5.73 Å². The van der Waals surface area contributed by atoms with Crippen LogP contribution in [0.5, 0.6) is 0 Å². The molecular formula is C13H17N3O2S. The Morgan fingerprint density at radius 2 is 2.21 bits per heavy atom. The zero-order valence-electron chi connectivity index (χ0n) is 11.2. The van der Waals surface area contributed by atoms with Gasteiger partial charge in [0, 0.05) is 5.54 Å². The van der Waals surface area contributed by atoms with Crippen molar-refractivity contribution in [2.75, 3.05) is 18.2 Å². The van der Waals surface area contributed by atoms with Gasteiger partial charge in [-0.25, -0.2) is 4.79 Å². The molecule has 0 saturated heterocycles. The zero-order valence-corrected chi connectivity index (χ0v) is 12.1. The predicted octanol–water partition coefficient (Wildman–Crippen LogP) is 2.59. The van der Waals surface area contributed by atoms with E-state index in [1.54, 1.807) is 0 Å². The molecule has 1 aromatic rings. The van der Waals surface area contributed by atoms with Crippen LogP contribution in [0.3, 0.4) is 0 Å². The molecule has 1 fully saturated rings. The Bertz CT molecular complexity index is 553. The molecule has 102 valence electrons. The fourth-order valence-corrected chi connectivity index (χ4v) is 3.24. The Hall–Kier alpha value is -1.74. The van der Waals surface area contributed by atoms with Crippen molar-refractivity contribution < 1.29 is 9.53 Å². The maximum atomic E-state index is 11.6. The number of ether oxygens (including phenoxy) is 1. The molecule has 1 aromatic heterocycles. The highest BCUT2D eigenvalue weighted by Crippen LogP contribution is 2.44. The fraction of sp³-hybridized carbons (Fsp3) is 0.538. The lowest BCUT2D eigenvalue weighted by atomic mass is 9.99. The summed E-state index contributed by atoms with van der Waals surface area (Å²) in [4.78, 5) is 11.9. The van der Waals surface area contributed by atoms with Crippen molar-refractivity contribution in [3.8, 4) is 6.07 Å². The van der Waals surface area contributed by atoms with E-state index in [1.807, 2.05) is 0 Å². The smallest absolute Gasteiger partial charge is 0.350 e. The average Bonchev–Trinajstić information content (AvgIpc) is 3.15. The number of thiophene rings is 1. The molecule has 0 unspecified atom stereocenters. The van der Waals surface area contributed by atoms with E-state index in [-0.39, 0.29) is 16.1 Å². The summed E-state index contributed by atoms with van der Waals surface area (Å²) in [6.07, 6.45) is 2.37. The maximum Gasteiger partial charge on any atom is 0.350 e. The van der Waals surface area contributed by atoms with Crippen LogP contribution in [0, 0.1) is 17.2 Å². The molecule has 1 saturated carbocycles. The molecule has 0 spiro atoms. The Balaban J connectivity index is 2.35. The number of methoxy groups -OCH3 is 1. The third kappa shape index (κ3) is 2.51. The molecule has 6 heteroatoms. The molecule has 1 aliphatic carbocycles. The topological polar surface area (TPSA) is 88.1 Å². The normalized spacial score (nSPS) is 14.8. The van der Waals surface area contributed by atoms with Crippen LogP contribution in [-0.4, -0.2) is 18.6 Å². The summed E-state index contributed by atoms with van der Waals surface area (Å²) >= 11 is 1.18. The summed E-state index contributed by atoms with van der Waals surface area (Å²) in [5.74, 6) is 0.0974. The summed E-state index contributed by atoms with van der Waals surface area (Å²) in [5.41, 5.74) is 6.28. The Labute approximate surface area is 116 Å². The number of nitriles is 1. The number of nitrogen functional groups attached to an aromatic ring is 1. The number of hydrogen-bond donors (Lipinski definition) is 2. The first-order chi connectivity index (χ1) is 8.90. The number of carbonyl (C=O) groups excluding carboxylic acids is 1. The minimum Gasteiger partial charge on any atom is -0.465 e. The van der Waals surface area contributed by atoms with E-state index in [9.17, 15) is 10.1 Å². The van der Waals surface area contributed by atoms with Gasteiger partial charge in [0.05, 0.1) is 12.8 Å². The summed E-state index contributed by atoms with van der Waals surface area (Å²) in [7, 11) is 1.30. The first-order valence-electron chi connectivity index (χ1n) is 6.09. The number of anilines is 2. The highest BCUT2D eigenvalue weighted by molar-refractivity contribution is 7.18. The summed E-state index contributed by atoms with van der Waals surface area (Å²) in [6, 6.07) is 2.06. The number of nitrogens with zero attached hydrogens (tertiary/aromatic N) is 1. The number of nitrogens with one attached hydrogen (secondary N) is 1. The standard InChI is InChI=1S/C13H17N3O2S/c1-13(2,7-4-5-7)16-11-8(6-14)9(15)10(19-11)12(17)18-3/h7,16H,4-5,15H2,1-3H3. The van der Waals surface area contributed by atoms with Crippen LogP contribution < -0.4 is 11.1 Å². The molecule has 5 nitrogen and oxygen atoms in total. The monoisotopic (exact) mass is 279 g/mol. The van der Waals surface area contributed by atoms with Gasteiger partial charge in [-0.2, -0.15) is 5.26 Å². The van der Waals surface area contributed by atoms with Crippen LogP contribution in [0.25, 0.3) is 0 Å². The number of nitrogens with two attached hydrogens (primary N) is 1. The molecule has 0 radical (unpaired) electrons. The first-order valence-corrected chi connectivity index (χ1v) is 6.91. The lowest BCUT2D eigenvalue weighted by Gasteiger charge is -2.26. The second-order valence-electron chi connectivity index (χ2n) is 5.27. The largest absolute Gasteiger partial charge is 0.465 e. The van der Waals surface area contributed by atoms with E-state index < -0.39 is 5.97 Å². The van der Waals surface area contributed by atoms with E-state index >= 15 is 0 Å². The van der Waals surface area contributed by atoms with Crippen molar-refractivity contribution in [2.24, 2.45) is 5.92 Å². The molecule has 0 bridgehead atoms. The fourth-order valence-electron chi connectivity index (χ4n) is 2.09. The second kappa shape index (κ2) is 4.74. The summed E-state index contributed by atoms with van der Waals surface area (Å²) < 4.78 is 4.67. The van der Waals surface area contributed by atoms with Crippen molar-refractivity contribution in [3.63, 3.8) is 0 Å².